The van der Waals surface area contributed by atoms with Crippen molar-refractivity contribution in [2.24, 2.45) is 0 Å². The molecule has 1 fully saturated rings. The minimum absolute atomic E-state index is 0.229. The molecule has 2 rings (SSSR count). The number of rotatable bonds is 4. The van der Waals surface area contributed by atoms with Crippen molar-refractivity contribution in [3.8, 4) is 0 Å². The lowest BCUT2D eigenvalue weighted by Gasteiger charge is -2.31. The van der Waals surface area contributed by atoms with E-state index < -0.39 is 0 Å². The molecule has 18 heavy (non-hydrogen) atoms. The third-order valence-electron chi connectivity index (χ3n) is 2.96. The van der Waals surface area contributed by atoms with Crippen molar-refractivity contribution in [2.75, 3.05) is 30.9 Å². The van der Waals surface area contributed by atoms with Crippen molar-refractivity contribution >= 4 is 34.2 Å². The fourth-order valence-corrected chi connectivity index (χ4v) is 3.93. The molecule has 0 radical (unpaired) electrons. The number of esters is 1. The standard InChI is InChI=1S/C12H18N2O2S2/c1-3-10-7-14(4-5-17-10)12-13-9(8-18-12)6-11(15)16-2/h8,10H,3-7H2,1-2H3. The largest absolute Gasteiger partial charge is 0.469 e. The van der Waals surface area contributed by atoms with E-state index >= 15 is 0 Å². The van der Waals surface area contributed by atoms with Gasteiger partial charge in [-0.15, -0.1) is 11.3 Å². The maximum atomic E-state index is 11.2. The van der Waals surface area contributed by atoms with Crippen molar-refractivity contribution in [3.63, 3.8) is 0 Å². The number of methoxy groups -OCH3 is 1. The maximum Gasteiger partial charge on any atom is 0.311 e. The second kappa shape index (κ2) is 6.43. The smallest absolute Gasteiger partial charge is 0.311 e. The van der Waals surface area contributed by atoms with Gasteiger partial charge in [-0.2, -0.15) is 11.8 Å². The molecule has 0 saturated carbocycles. The number of hydrogen-bond acceptors (Lipinski definition) is 6. The fraction of sp³-hybridized carbons (Fsp3) is 0.667. The predicted molar refractivity (Wildman–Crippen MR) is 76.6 cm³/mol. The topological polar surface area (TPSA) is 42.4 Å². The molecular weight excluding hydrogens is 268 g/mol. The molecule has 1 saturated heterocycles. The second-order valence-corrected chi connectivity index (χ2v) is 6.47. The molecule has 0 bridgehead atoms. The van der Waals surface area contributed by atoms with Crippen LogP contribution in [0, 0.1) is 0 Å². The Balaban J connectivity index is 1.98. The number of hydrogen-bond donors (Lipinski definition) is 0. The normalized spacial score (nSPS) is 19.9. The highest BCUT2D eigenvalue weighted by Gasteiger charge is 2.21. The summed E-state index contributed by atoms with van der Waals surface area (Å²) in [5, 5.41) is 3.69. The Bertz CT molecular complexity index is 409. The van der Waals surface area contributed by atoms with Crippen LogP contribution in [0.4, 0.5) is 5.13 Å². The molecule has 1 aliphatic heterocycles. The van der Waals surface area contributed by atoms with Crippen LogP contribution in [0.15, 0.2) is 5.38 Å². The lowest BCUT2D eigenvalue weighted by atomic mass is 10.3. The van der Waals surface area contributed by atoms with E-state index in [1.54, 1.807) is 11.3 Å². The van der Waals surface area contributed by atoms with Gasteiger partial charge in [0.15, 0.2) is 5.13 Å². The first-order valence-corrected chi connectivity index (χ1v) is 8.03. The highest BCUT2D eigenvalue weighted by Crippen LogP contribution is 2.28. The summed E-state index contributed by atoms with van der Waals surface area (Å²) < 4.78 is 4.65. The first-order valence-electron chi connectivity index (χ1n) is 6.10. The highest BCUT2D eigenvalue weighted by atomic mass is 32.2. The summed E-state index contributed by atoms with van der Waals surface area (Å²) in [6, 6.07) is 0. The van der Waals surface area contributed by atoms with Crippen molar-refractivity contribution in [1.82, 2.24) is 4.98 Å². The van der Waals surface area contributed by atoms with Crippen LogP contribution in [0.3, 0.4) is 0 Å². The molecular formula is C12H18N2O2S2. The SMILES string of the molecule is CCC1CN(c2nc(CC(=O)OC)cs2)CCS1. The van der Waals surface area contributed by atoms with Crippen LogP contribution >= 0.6 is 23.1 Å². The van der Waals surface area contributed by atoms with Gasteiger partial charge in [-0.1, -0.05) is 6.92 Å². The van der Waals surface area contributed by atoms with Crippen LogP contribution in [0.5, 0.6) is 0 Å². The van der Waals surface area contributed by atoms with Crippen molar-refractivity contribution in [1.29, 1.82) is 0 Å². The van der Waals surface area contributed by atoms with Gasteiger partial charge in [0.1, 0.15) is 0 Å². The number of carbonyl (C=O) groups is 1. The molecule has 1 aromatic heterocycles. The second-order valence-electron chi connectivity index (χ2n) is 4.22. The zero-order chi connectivity index (χ0) is 13.0. The summed E-state index contributed by atoms with van der Waals surface area (Å²) in [4.78, 5) is 18.0. The summed E-state index contributed by atoms with van der Waals surface area (Å²) in [6.45, 7) is 4.34. The van der Waals surface area contributed by atoms with Crippen LogP contribution in [-0.4, -0.2) is 42.2 Å². The number of ether oxygens (including phenoxy) is 1. The monoisotopic (exact) mass is 286 g/mol. The molecule has 0 amide bonds. The summed E-state index contributed by atoms with van der Waals surface area (Å²) in [5.74, 6) is 0.928. The van der Waals surface area contributed by atoms with Crippen LogP contribution < -0.4 is 4.90 Å². The van der Waals surface area contributed by atoms with Crippen LogP contribution in [0.25, 0.3) is 0 Å². The summed E-state index contributed by atoms with van der Waals surface area (Å²) in [7, 11) is 1.41. The van der Waals surface area contributed by atoms with Gasteiger partial charge < -0.3 is 9.64 Å². The Kier molecular flexibility index (Phi) is 4.88. The number of anilines is 1. The van der Waals surface area contributed by atoms with Gasteiger partial charge in [-0.3, -0.25) is 4.79 Å². The van der Waals surface area contributed by atoms with Crippen molar-refractivity contribution in [3.05, 3.63) is 11.1 Å². The fourth-order valence-electron chi connectivity index (χ4n) is 1.88. The number of aromatic nitrogens is 1. The van der Waals surface area contributed by atoms with E-state index in [2.05, 4.69) is 21.5 Å². The molecule has 2 heterocycles. The molecule has 0 aromatic carbocycles. The van der Waals surface area contributed by atoms with Gasteiger partial charge in [0, 0.05) is 29.5 Å². The van der Waals surface area contributed by atoms with Crippen LogP contribution in [0.1, 0.15) is 19.0 Å². The minimum Gasteiger partial charge on any atom is -0.469 e. The highest BCUT2D eigenvalue weighted by molar-refractivity contribution is 8.00. The summed E-state index contributed by atoms with van der Waals surface area (Å²) >= 11 is 3.66. The maximum absolute atomic E-state index is 11.2. The minimum atomic E-state index is -0.229. The van der Waals surface area contributed by atoms with E-state index in [9.17, 15) is 4.79 Å². The van der Waals surface area contributed by atoms with E-state index in [0.717, 1.165) is 29.7 Å². The van der Waals surface area contributed by atoms with E-state index in [1.165, 1.54) is 13.5 Å². The predicted octanol–water partition coefficient (Wildman–Crippen LogP) is 2.19. The molecule has 6 heteroatoms. The first-order chi connectivity index (χ1) is 8.72. The molecule has 1 unspecified atom stereocenters. The van der Waals surface area contributed by atoms with Crippen molar-refractivity contribution < 1.29 is 9.53 Å². The summed E-state index contributed by atoms with van der Waals surface area (Å²) in [6.07, 6.45) is 1.47. The number of nitrogens with zero attached hydrogens (tertiary/aromatic N) is 2. The molecule has 0 spiro atoms. The van der Waals surface area contributed by atoms with E-state index in [4.69, 9.17) is 0 Å². The van der Waals surface area contributed by atoms with Gasteiger partial charge >= 0.3 is 5.97 Å². The average molecular weight is 286 g/mol. The van der Waals surface area contributed by atoms with Gasteiger partial charge in [-0.25, -0.2) is 4.98 Å². The van der Waals surface area contributed by atoms with Crippen LogP contribution in [-0.2, 0) is 16.0 Å². The zero-order valence-electron chi connectivity index (χ0n) is 10.7. The third-order valence-corrected chi connectivity index (χ3v) is 5.28. The molecule has 100 valence electrons. The van der Waals surface area contributed by atoms with Gasteiger partial charge in [0.25, 0.3) is 0 Å². The molecule has 0 N–H and O–H groups in total. The Hall–Kier alpha value is -0.750. The van der Waals surface area contributed by atoms with E-state index in [1.807, 2.05) is 17.1 Å². The van der Waals surface area contributed by atoms with Gasteiger partial charge in [0.2, 0.25) is 0 Å². The lowest BCUT2D eigenvalue weighted by Crippen LogP contribution is -2.37. The molecule has 4 nitrogen and oxygen atoms in total. The Labute approximate surface area is 116 Å². The Morgan fingerprint density at radius 3 is 3.22 bits per heavy atom. The zero-order valence-corrected chi connectivity index (χ0v) is 12.4. The molecule has 1 atom stereocenters. The number of thioether (sulfide) groups is 1. The molecule has 1 aliphatic rings. The third kappa shape index (κ3) is 3.38. The quantitative estimate of drug-likeness (QED) is 0.794. The number of carbonyl (C=O) groups excluding carboxylic acids is 1. The van der Waals surface area contributed by atoms with Gasteiger partial charge in [-0.05, 0) is 6.42 Å². The summed E-state index contributed by atoms with van der Waals surface area (Å²) in [5.41, 5.74) is 0.813. The van der Waals surface area contributed by atoms with Crippen LogP contribution in [0.2, 0.25) is 0 Å². The Morgan fingerprint density at radius 1 is 1.67 bits per heavy atom. The average Bonchev–Trinajstić information content (AvgIpc) is 2.87. The first kappa shape index (κ1) is 13.7. The lowest BCUT2D eigenvalue weighted by molar-refractivity contribution is -0.139. The molecule has 1 aromatic rings. The van der Waals surface area contributed by atoms with E-state index in [-0.39, 0.29) is 12.4 Å². The Morgan fingerprint density at radius 2 is 2.50 bits per heavy atom. The molecule has 0 aliphatic carbocycles. The van der Waals surface area contributed by atoms with Crippen molar-refractivity contribution in [2.45, 2.75) is 25.0 Å². The van der Waals surface area contributed by atoms with Gasteiger partial charge in [0.05, 0.1) is 19.2 Å². The van der Waals surface area contributed by atoms with E-state index in [0.29, 0.717) is 5.25 Å². The number of thiazole rings is 1.